The number of carbonyl (C=O) groups excluding carboxylic acids is 1. The first-order chi connectivity index (χ1) is 15.5. The number of hydrogen-bond donors (Lipinski definition) is 3. The van der Waals surface area contributed by atoms with E-state index in [4.69, 9.17) is 33.4 Å². The van der Waals surface area contributed by atoms with Gasteiger partial charge in [-0.2, -0.15) is 0 Å². The molecule has 162 valence electrons. The number of carbonyl (C=O) groups is 1. The van der Waals surface area contributed by atoms with Crippen LogP contribution in [0.4, 0.5) is 11.4 Å². The van der Waals surface area contributed by atoms with Crippen LogP contribution in [0, 0.1) is 0 Å². The molecule has 1 aromatic carbocycles. The highest BCUT2D eigenvalue weighted by molar-refractivity contribution is 7.80. The molecule has 0 fully saturated rings. The minimum atomic E-state index is -0.534. The van der Waals surface area contributed by atoms with Gasteiger partial charge in [0.25, 0.3) is 5.91 Å². The molecule has 1 amide bonds. The number of aromatic nitrogens is 1. The number of thiophene rings is 2. The van der Waals surface area contributed by atoms with Gasteiger partial charge in [-0.25, -0.2) is 4.98 Å². The minimum absolute atomic E-state index is 0.348. The average molecular weight is 482 g/mol. The highest BCUT2D eigenvalue weighted by Crippen LogP contribution is 2.45. The van der Waals surface area contributed by atoms with E-state index in [1.807, 2.05) is 35.7 Å². The van der Waals surface area contributed by atoms with Crippen LogP contribution in [0.5, 0.6) is 5.75 Å². The molecule has 0 unspecified atom stereocenters. The fourth-order valence-electron chi connectivity index (χ4n) is 3.89. The number of thiocarbonyl (C=S) groups is 1. The predicted molar refractivity (Wildman–Crippen MR) is 134 cm³/mol. The van der Waals surface area contributed by atoms with Gasteiger partial charge >= 0.3 is 0 Å². The van der Waals surface area contributed by atoms with Crippen LogP contribution in [0.2, 0.25) is 0 Å². The predicted octanol–water partition coefficient (Wildman–Crippen LogP) is 4.43. The van der Waals surface area contributed by atoms with Crippen molar-refractivity contribution in [2.75, 3.05) is 18.2 Å². The average Bonchev–Trinajstić information content (AvgIpc) is 3.51. The topological polar surface area (TPSA) is 106 Å². The zero-order valence-electron chi connectivity index (χ0n) is 17.0. The van der Waals surface area contributed by atoms with Crippen LogP contribution >= 0.6 is 34.9 Å². The molecule has 1 aliphatic heterocycles. The lowest BCUT2D eigenvalue weighted by Gasteiger charge is -2.20. The van der Waals surface area contributed by atoms with Gasteiger partial charge in [-0.15, -0.1) is 22.7 Å². The van der Waals surface area contributed by atoms with Crippen LogP contribution < -0.4 is 21.5 Å². The summed E-state index contributed by atoms with van der Waals surface area (Å²) in [4.78, 5) is 20.9. The second kappa shape index (κ2) is 8.05. The standard InChI is InChI=1S/C22H19N5O2S3/c1-29-12-5-2-4-11(8-12)25-22(30)27-9-13-14(10-27)26-21-17(16(13)15-6-3-7-31-15)18(23)19(32-21)20(24)28/h2-8H,9-10,23H2,1H3,(H2,24,28)(H,25,30). The van der Waals surface area contributed by atoms with E-state index in [-0.39, 0.29) is 0 Å². The third-order valence-corrected chi connectivity index (χ3v) is 7.71. The van der Waals surface area contributed by atoms with Crippen molar-refractivity contribution in [1.29, 1.82) is 0 Å². The molecule has 3 aromatic heterocycles. The number of hydrogen-bond acceptors (Lipinski definition) is 7. The largest absolute Gasteiger partial charge is 0.497 e. The number of primary amides is 1. The number of nitrogens with one attached hydrogen (secondary N) is 1. The minimum Gasteiger partial charge on any atom is -0.497 e. The van der Waals surface area contributed by atoms with Gasteiger partial charge < -0.3 is 26.4 Å². The zero-order chi connectivity index (χ0) is 22.4. The zero-order valence-corrected chi connectivity index (χ0v) is 19.5. The Bertz CT molecular complexity index is 1360. The molecule has 10 heteroatoms. The first-order valence-corrected chi connectivity index (χ1v) is 11.8. The molecule has 1 aliphatic rings. The monoisotopic (exact) mass is 481 g/mol. The smallest absolute Gasteiger partial charge is 0.260 e. The van der Waals surface area contributed by atoms with E-state index < -0.39 is 5.91 Å². The molecule has 4 aromatic rings. The van der Waals surface area contributed by atoms with Crippen LogP contribution in [-0.2, 0) is 13.1 Å². The number of nitrogen functional groups attached to an aromatic ring is 1. The maximum absolute atomic E-state index is 11.9. The van der Waals surface area contributed by atoms with Gasteiger partial charge in [0.05, 0.1) is 25.0 Å². The Labute approximate surface area is 197 Å². The van der Waals surface area contributed by atoms with Gasteiger partial charge in [-0.05, 0) is 35.8 Å². The van der Waals surface area contributed by atoms with Crippen molar-refractivity contribution >= 4 is 67.5 Å². The molecule has 0 bridgehead atoms. The summed E-state index contributed by atoms with van der Waals surface area (Å²) in [5, 5.41) is 6.70. The quantitative estimate of drug-likeness (QED) is 0.370. The Morgan fingerprint density at radius 3 is 2.84 bits per heavy atom. The number of rotatable bonds is 4. The number of anilines is 2. The van der Waals surface area contributed by atoms with Crippen molar-refractivity contribution in [3.8, 4) is 16.2 Å². The maximum atomic E-state index is 11.9. The second-order valence-corrected chi connectivity index (χ2v) is 9.63. The van der Waals surface area contributed by atoms with Crippen LogP contribution in [0.1, 0.15) is 20.9 Å². The Hall–Kier alpha value is -3.21. The summed E-state index contributed by atoms with van der Waals surface area (Å²) in [5.74, 6) is 0.221. The van der Waals surface area contributed by atoms with Crippen molar-refractivity contribution in [3.63, 3.8) is 0 Å². The SMILES string of the molecule is COc1cccc(NC(=S)N2Cc3nc4sc(C(N)=O)c(N)c4c(-c4cccs4)c3C2)c1. The number of pyridine rings is 1. The lowest BCUT2D eigenvalue weighted by Crippen LogP contribution is -2.30. The number of nitrogens with two attached hydrogens (primary N) is 2. The van der Waals surface area contributed by atoms with Crippen molar-refractivity contribution in [3.05, 3.63) is 57.9 Å². The van der Waals surface area contributed by atoms with E-state index in [1.54, 1.807) is 18.4 Å². The molecule has 7 nitrogen and oxygen atoms in total. The van der Waals surface area contributed by atoms with E-state index in [0.717, 1.165) is 38.5 Å². The van der Waals surface area contributed by atoms with E-state index in [0.29, 0.717) is 33.6 Å². The summed E-state index contributed by atoms with van der Waals surface area (Å²) < 4.78 is 5.29. The number of fused-ring (bicyclic) bond motifs is 2. The van der Waals surface area contributed by atoms with Crippen molar-refractivity contribution in [1.82, 2.24) is 9.88 Å². The van der Waals surface area contributed by atoms with Crippen LogP contribution in [-0.4, -0.2) is 28.0 Å². The van der Waals surface area contributed by atoms with Gasteiger partial charge in [0, 0.05) is 39.7 Å². The van der Waals surface area contributed by atoms with Gasteiger partial charge in [-0.1, -0.05) is 12.1 Å². The molecular formula is C22H19N5O2S3. The number of benzene rings is 1. The van der Waals surface area contributed by atoms with Gasteiger partial charge in [0.1, 0.15) is 15.5 Å². The lowest BCUT2D eigenvalue weighted by molar-refractivity contribution is 0.100. The fraction of sp³-hybridized carbons (Fsp3) is 0.136. The molecule has 32 heavy (non-hydrogen) atoms. The molecule has 5 N–H and O–H groups in total. The molecular weight excluding hydrogens is 462 g/mol. The number of ether oxygens (including phenoxy) is 1. The van der Waals surface area contributed by atoms with E-state index in [1.165, 1.54) is 11.3 Å². The van der Waals surface area contributed by atoms with Crippen molar-refractivity contribution in [2.45, 2.75) is 13.1 Å². The third kappa shape index (κ3) is 3.46. The fourth-order valence-corrected chi connectivity index (χ4v) is 5.92. The highest BCUT2D eigenvalue weighted by Gasteiger charge is 2.30. The normalized spacial score (nSPS) is 12.7. The molecule has 4 heterocycles. The molecule has 5 rings (SSSR count). The summed E-state index contributed by atoms with van der Waals surface area (Å²) >= 11 is 8.56. The first kappa shape index (κ1) is 20.7. The van der Waals surface area contributed by atoms with Crippen LogP contribution in [0.15, 0.2) is 41.8 Å². The van der Waals surface area contributed by atoms with Crippen LogP contribution in [0.3, 0.4) is 0 Å². The molecule has 0 saturated carbocycles. The number of nitrogens with zero attached hydrogens (tertiary/aromatic N) is 2. The van der Waals surface area contributed by atoms with E-state index in [2.05, 4.69) is 16.3 Å². The second-order valence-electron chi connectivity index (χ2n) is 7.30. The molecule has 0 radical (unpaired) electrons. The van der Waals surface area contributed by atoms with Crippen molar-refractivity contribution < 1.29 is 9.53 Å². The van der Waals surface area contributed by atoms with E-state index in [9.17, 15) is 4.79 Å². The lowest BCUT2D eigenvalue weighted by atomic mass is 10.0. The summed E-state index contributed by atoms with van der Waals surface area (Å²) in [5.41, 5.74) is 16.2. The summed E-state index contributed by atoms with van der Waals surface area (Å²) in [6, 6.07) is 11.7. The van der Waals surface area contributed by atoms with Gasteiger partial charge in [0.2, 0.25) is 0 Å². The summed E-state index contributed by atoms with van der Waals surface area (Å²) in [7, 11) is 1.63. The van der Waals surface area contributed by atoms with Gasteiger partial charge in [-0.3, -0.25) is 4.79 Å². The van der Waals surface area contributed by atoms with Crippen LogP contribution in [0.25, 0.3) is 20.7 Å². The van der Waals surface area contributed by atoms with Crippen molar-refractivity contribution in [2.24, 2.45) is 5.73 Å². The Balaban J connectivity index is 1.54. The van der Waals surface area contributed by atoms with Gasteiger partial charge in [0.15, 0.2) is 5.11 Å². The summed E-state index contributed by atoms with van der Waals surface area (Å²) in [6.07, 6.45) is 0. The Kier molecular flexibility index (Phi) is 5.20. The molecule has 0 aliphatic carbocycles. The molecule has 0 spiro atoms. The summed E-state index contributed by atoms with van der Waals surface area (Å²) in [6.45, 7) is 1.14. The Morgan fingerprint density at radius 1 is 1.28 bits per heavy atom. The highest BCUT2D eigenvalue weighted by atomic mass is 32.1. The number of amides is 1. The first-order valence-electron chi connectivity index (χ1n) is 9.73. The third-order valence-electron chi connectivity index (χ3n) is 5.35. The maximum Gasteiger partial charge on any atom is 0.260 e. The van der Waals surface area contributed by atoms with E-state index >= 15 is 0 Å². The molecule has 0 saturated heterocycles. The molecule has 0 atom stereocenters. The Morgan fingerprint density at radius 2 is 2.12 bits per heavy atom. The number of methoxy groups -OCH3 is 1.